The fraction of sp³-hybridized carbons (Fsp3) is 0.400. The van der Waals surface area contributed by atoms with E-state index in [1.165, 1.54) is 6.07 Å². The van der Waals surface area contributed by atoms with Crippen molar-refractivity contribution in [1.82, 2.24) is 20.2 Å². The van der Waals surface area contributed by atoms with Gasteiger partial charge in [0.15, 0.2) is 0 Å². The lowest BCUT2D eigenvalue weighted by Gasteiger charge is -2.34. The van der Waals surface area contributed by atoms with E-state index in [-0.39, 0.29) is 30.3 Å². The minimum absolute atomic E-state index is 0.0773. The molecule has 1 aliphatic rings. The van der Waals surface area contributed by atoms with E-state index in [0.29, 0.717) is 37.7 Å². The van der Waals surface area contributed by atoms with Crippen LogP contribution in [-0.2, 0) is 4.79 Å². The lowest BCUT2D eigenvalue weighted by Crippen LogP contribution is -2.49. The molecule has 2 aromatic rings. The first-order valence-corrected chi connectivity index (χ1v) is 9.83. The molecule has 0 spiro atoms. The number of halogens is 2. The minimum atomic E-state index is -3.00. The smallest absolute Gasteiger partial charge is 0.387 e. The molecule has 3 amide bonds. The van der Waals surface area contributed by atoms with E-state index in [0.717, 1.165) is 0 Å². The monoisotopic (exact) mass is 434 g/mol. The Morgan fingerprint density at radius 1 is 1.13 bits per heavy atom. The number of amides is 3. The summed E-state index contributed by atoms with van der Waals surface area (Å²) in [7, 11) is 0. The van der Waals surface area contributed by atoms with Crippen LogP contribution in [0.4, 0.5) is 25.2 Å². The maximum Gasteiger partial charge on any atom is 0.387 e. The van der Waals surface area contributed by atoms with E-state index in [4.69, 9.17) is 0 Å². The van der Waals surface area contributed by atoms with Crippen LogP contribution in [-0.4, -0.2) is 66.1 Å². The number of rotatable bonds is 7. The predicted molar refractivity (Wildman–Crippen MR) is 110 cm³/mol. The molecule has 166 valence electrons. The average Bonchev–Trinajstić information content (AvgIpc) is 2.76. The lowest BCUT2D eigenvalue weighted by atomic mass is 10.2. The van der Waals surface area contributed by atoms with Gasteiger partial charge >= 0.3 is 12.6 Å². The highest BCUT2D eigenvalue weighted by molar-refractivity contribution is 5.92. The Labute approximate surface area is 178 Å². The average molecular weight is 434 g/mol. The van der Waals surface area contributed by atoms with Gasteiger partial charge in [0, 0.05) is 51.5 Å². The third-order valence-electron chi connectivity index (χ3n) is 4.78. The molecule has 1 saturated heterocycles. The number of aryl methyl sites for hydroxylation is 1. The number of hydrogen-bond acceptors (Lipinski definition) is 6. The minimum Gasteiger partial charge on any atom is -0.433 e. The van der Waals surface area contributed by atoms with Gasteiger partial charge in [-0.05, 0) is 24.6 Å². The first-order valence-electron chi connectivity index (χ1n) is 9.83. The Kier molecular flexibility index (Phi) is 7.52. The zero-order valence-electron chi connectivity index (χ0n) is 17.1. The standard InChI is InChI=1S/C20H24F2N6O3/c1-14-4-2-5-15(31-18(21)22)17(14)26-20(30)25-9-6-16(29)27-10-12-28(13-11-27)19-23-7-3-8-24-19/h2-5,7-8,18H,6,9-13H2,1H3,(H2,25,26,30). The number of urea groups is 1. The maximum atomic E-state index is 12.6. The van der Waals surface area contributed by atoms with Crippen molar-refractivity contribution in [3.63, 3.8) is 0 Å². The van der Waals surface area contributed by atoms with Gasteiger partial charge in [-0.15, -0.1) is 0 Å². The molecule has 2 heterocycles. The van der Waals surface area contributed by atoms with Gasteiger partial charge in [-0.3, -0.25) is 4.79 Å². The number of nitrogens with zero attached hydrogens (tertiary/aromatic N) is 4. The topological polar surface area (TPSA) is 99.7 Å². The van der Waals surface area contributed by atoms with Gasteiger partial charge in [0.2, 0.25) is 11.9 Å². The van der Waals surface area contributed by atoms with E-state index in [2.05, 4.69) is 25.3 Å². The predicted octanol–water partition coefficient (Wildman–Crippen LogP) is 2.25. The number of alkyl halides is 2. The van der Waals surface area contributed by atoms with Gasteiger partial charge in [-0.25, -0.2) is 14.8 Å². The normalized spacial score (nSPS) is 13.8. The van der Waals surface area contributed by atoms with E-state index >= 15 is 0 Å². The molecule has 0 radical (unpaired) electrons. The van der Waals surface area contributed by atoms with E-state index in [1.807, 2.05) is 4.90 Å². The van der Waals surface area contributed by atoms with Crippen molar-refractivity contribution >= 4 is 23.6 Å². The number of nitrogens with one attached hydrogen (secondary N) is 2. The highest BCUT2D eigenvalue weighted by Gasteiger charge is 2.22. The second-order valence-corrected chi connectivity index (χ2v) is 6.87. The van der Waals surface area contributed by atoms with Crippen molar-refractivity contribution in [3.8, 4) is 5.75 Å². The second-order valence-electron chi connectivity index (χ2n) is 6.87. The summed E-state index contributed by atoms with van der Waals surface area (Å²) in [6.45, 7) is 1.12. The first-order chi connectivity index (χ1) is 14.9. The molecule has 0 aliphatic carbocycles. The van der Waals surface area contributed by atoms with Crippen molar-refractivity contribution in [3.05, 3.63) is 42.2 Å². The molecule has 31 heavy (non-hydrogen) atoms. The number of aromatic nitrogens is 2. The van der Waals surface area contributed by atoms with Crippen LogP contribution in [0.15, 0.2) is 36.7 Å². The van der Waals surface area contributed by atoms with Gasteiger partial charge in [0.25, 0.3) is 0 Å². The van der Waals surface area contributed by atoms with Crippen molar-refractivity contribution in [1.29, 1.82) is 0 Å². The van der Waals surface area contributed by atoms with Crippen molar-refractivity contribution in [2.45, 2.75) is 20.0 Å². The number of hydrogen-bond donors (Lipinski definition) is 2. The molecule has 0 unspecified atom stereocenters. The van der Waals surface area contributed by atoms with Crippen molar-refractivity contribution in [2.75, 3.05) is 42.9 Å². The van der Waals surface area contributed by atoms with Crippen LogP contribution < -0.4 is 20.3 Å². The third-order valence-corrected chi connectivity index (χ3v) is 4.78. The molecule has 0 atom stereocenters. The van der Waals surface area contributed by atoms with Crippen LogP contribution in [0.25, 0.3) is 0 Å². The summed E-state index contributed by atoms with van der Waals surface area (Å²) < 4.78 is 29.6. The molecule has 1 aromatic carbocycles. The van der Waals surface area contributed by atoms with Crippen LogP contribution in [0.2, 0.25) is 0 Å². The van der Waals surface area contributed by atoms with Gasteiger partial charge in [0.05, 0.1) is 5.69 Å². The molecule has 1 aliphatic heterocycles. The molecule has 11 heteroatoms. The summed E-state index contributed by atoms with van der Waals surface area (Å²) in [4.78, 5) is 36.7. The first kappa shape index (κ1) is 22.2. The van der Waals surface area contributed by atoms with Crippen LogP contribution in [0.3, 0.4) is 0 Å². The fourth-order valence-corrected chi connectivity index (χ4v) is 3.20. The Bertz CT molecular complexity index is 892. The SMILES string of the molecule is Cc1cccc(OC(F)F)c1NC(=O)NCCC(=O)N1CCN(c2ncccn2)CC1. The molecule has 1 fully saturated rings. The number of benzene rings is 1. The summed E-state index contributed by atoms with van der Waals surface area (Å²) in [5.41, 5.74) is 0.732. The molecule has 3 rings (SSSR count). The van der Waals surface area contributed by atoms with E-state index < -0.39 is 12.6 Å². The second kappa shape index (κ2) is 10.5. The summed E-state index contributed by atoms with van der Waals surface area (Å²) in [6.07, 6.45) is 3.48. The Hall–Kier alpha value is -3.50. The number of carbonyl (C=O) groups is 2. The molecular formula is C20H24F2N6O3. The molecule has 1 aromatic heterocycles. The number of piperazine rings is 1. The Morgan fingerprint density at radius 2 is 1.84 bits per heavy atom. The molecule has 9 nitrogen and oxygen atoms in total. The van der Waals surface area contributed by atoms with Crippen LogP contribution >= 0.6 is 0 Å². The summed E-state index contributed by atoms with van der Waals surface area (Å²) in [6, 6.07) is 5.71. The number of anilines is 2. The number of carbonyl (C=O) groups excluding carboxylic acids is 2. The highest BCUT2D eigenvalue weighted by Crippen LogP contribution is 2.29. The Morgan fingerprint density at radius 3 is 2.52 bits per heavy atom. The molecule has 2 N–H and O–H groups in total. The van der Waals surface area contributed by atoms with E-state index in [1.54, 1.807) is 42.4 Å². The largest absolute Gasteiger partial charge is 0.433 e. The molecular weight excluding hydrogens is 410 g/mol. The van der Waals surface area contributed by atoms with Crippen LogP contribution in [0.1, 0.15) is 12.0 Å². The number of ether oxygens (including phenoxy) is 1. The van der Waals surface area contributed by atoms with Crippen molar-refractivity contribution < 1.29 is 23.1 Å². The van der Waals surface area contributed by atoms with E-state index in [9.17, 15) is 18.4 Å². The Balaban J connectivity index is 1.42. The van der Waals surface area contributed by atoms with Crippen LogP contribution in [0.5, 0.6) is 5.75 Å². The maximum absolute atomic E-state index is 12.6. The third kappa shape index (κ3) is 6.24. The van der Waals surface area contributed by atoms with Crippen LogP contribution in [0, 0.1) is 6.92 Å². The quantitative estimate of drug-likeness (QED) is 0.694. The van der Waals surface area contributed by atoms with Gasteiger partial charge in [0.1, 0.15) is 5.75 Å². The van der Waals surface area contributed by atoms with Gasteiger partial charge in [-0.2, -0.15) is 8.78 Å². The zero-order valence-corrected chi connectivity index (χ0v) is 17.1. The van der Waals surface area contributed by atoms with Gasteiger partial charge < -0.3 is 25.2 Å². The fourth-order valence-electron chi connectivity index (χ4n) is 3.20. The summed E-state index contributed by atoms with van der Waals surface area (Å²) >= 11 is 0. The lowest BCUT2D eigenvalue weighted by molar-refractivity contribution is -0.131. The van der Waals surface area contributed by atoms with Crippen molar-refractivity contribution in [2.24, 2.45) is 0 Å². The molecule has 0 saturated carbocycles. The summed E-state index contributed by atoms with van der Waals surface area (Å²) in [5, 5.41) is 5.08. The van der Waals surface area contributed by atoms with Gasteiger partial charge in [-0.1, -0.05) is 12.1 Å². The zero-order chi connectivity index (χ0) is 22.2. The highest BCUT2D eigenvalue weighted by atomic mass is 19.3. The number of para-hydroxylation sites is 1. The molecule has 0 bridgehead atoms. The summed E-state index contributed by atoms with van der Waals surface area (Å²) in [5.74, 6) is 0.437.